The molecule has 1 saturated heterocycles. The van der Waals surface area contributed by atoms with Gasteiger partial charge in [0.25, 0.3) is 0 Å². The third-order valence-corrected chi connectivity index (χ3v) is 5.53. The highest BCUT2D eigenvalue weighted by Gasteiger charge is 2.43. The van der Waals surface area contributed by atoms with Gasteiger partial charge >= 0.3 is 0 Å². The Bertz CT molecular complexity index is 724. The SMILES string of the molecule is Cc1ccc([C@H]2[C@@H](C(=O)N(C)Cc3cccs3)CC(=O)N2C)cc1. The van der Waals surface area contributed by atoms with Gasteiger partial charge in [-0.05, 0) is 23.9 Å². The second kappa shape index (κ2) is 6.77. The van der Waals surface area contributed by atoms with Crippen molar-refractivity contribution in [3.05, 3.63) is 57.8 Å². The van der Waals surface area contributed by atoms with Gasteiger partial charge in [0.1, 0.15) is 0 Å². The summed E-state index contributed by atoms with van der Waals surface area (Å²) in [6.07, 6.45) is 0.280. The van der Waals surface area contributed by atoms with Crippen molar-refractivity contribution >= 4 is 23.2 Å². The van der Waals surface area contributed by atoms with Crippen molar-refractivity contribution in [2.24, 2.45) is 5.92 Å². The van der Waals surface area contributed by atoms with Gasteiger partial charge in [-0.2, -0.15) is 0 Å². The van der Waals surface area contributed by atoms with Crippen LogP contribution in [-0.4, -0.2) is 35.7 Å². The number of hydrogen-bond donors (Lipinski definition) is 0. The van der Waals surface area contributed by atoms with Gasteiger partial charge in [0.05, 0.1) is 18.5 Å². The fraction of sp³-hybridized carbons (Fsp3) is 0.368. The minimum atomic E-state index is -0.324. The summed E-state index contributed by atoms with van der Waals surface area (Å²) in [4.78, 5) is 29.8. The Morgan fingerprint density at radius 3 is 2.62 bits per heavy atom. The van der Waals surface area contributed by atoms with Gasteiger partial charge in [-0.3, -0.25) is 9.59 Å². The minimum absolute atomic E-state index is 0.0310. The molecule has 1 aliphatic heterocycles. The van der Waals surface area contributed by atoms with Crippen LogP contribution in [0.3, 0.4) is 0 Å². The van der Waals surface area contributed by atoms with E-state index >= 15 is 0 Å². The molecule has 1 aromatic carbocycles. The first-order valence-corrected chi connectivity index (χ1v) is 8.95. The maximum absolute atomic E-state index is 13.0. The average Bonchev–Trinajstić information content (AvgIpc) is 3.17. The molecule has 5 heteroatoms. The van der Waals surface area contributed by atoms with Crippen molar-refractivity contribution in [3.8, 4) is 0 Å². The molecule has 1 aliphatic rings. The van der Waals surface area contributed by atoms with E-state index in [2.05, 4.69) is 0 Å². The molecular formula is C19H22N2O2S. The highest BCUT2D eigenvalue weighted by atomic mass is 32.1. The van der Waals surface area contributed by atoms with Gasteiger partial charge in [0.2, 0.25) is 11.8 Å². The van der Waals surface area contributed by atoms with Gasteiger partial charge in [0, 0.05) is 25.4 Å². The van der Waals surface area contributed by atoms with E-state index in [9.17, 15) is 9.59 Å². The molecule has 2 atom stereocenters. The second-order valence-electron chi connectivity index (χ2n) is 6.44. The predicted octanol–water partition coefficient (Wildman–Crippen LogP) is 3.23. The van der Waals surface area contributed by atoms with Crippen LogP contribution in [0.5, 0.6) is 0 Å². The fourth-order valence-corrected chi connectivity index (χ4v) is 4.07. The average molecular weight is 342 g/mol. The Morgan fingerprint density at radius 2 is 2.00 bits per heavy atom. The number of aryl methyl sites for hydroxylation is 1. The van der Waals surface area contributed by atoms with Crippen molar-refractivity contribution in [2.45, 2.75) is 25.9 Å². The number of carbonyl (C=O) groups excluding carboxylic acids is 2. The van der Waals surface area contributed by atoms with Crippen LogP contribution < -0.4 is 0 Å². The van der Waals surface area contributed by atoms with Crippen molar-refractivity contribution in [3.63, 3.8) is 0 Å². The molecule has 0 radical (unpaired) electrons. The van der Waals surface area contributed by atoms with Crippen molar-refractivity contribution < 1.29 is 9.59 Å². The van der Waals surface area contributed by atoms with Gasteiger partial charge in [0.15, 0.2) is 0 Å². The number of likely N-dealkylation sites (tertiary alicyclic amines) is 1. The number of thiophene rings is 1. The third kappa shape index (κ3) is 3.22. The number of rotatable bonds is 4. The summed E-state index contributed by atoms with van der Waals surface area (Å²) in [5.74, 6) is -0.259. The summed E-state index contributed by atoms with van der Waals surface area (Å²) in [6.45, 7) is 2.62. The molecule has 1 fully saturated rings. The lowest BCUT2D eigenvalue weighted by molar-refractivity contribution is -0.135. The minimum Gasteiger partial charge on any atom is -0.340 e. The largest absolute Gasteiger partial charge is 0.340 e. The summed E-state index contributed by atoms with van der Waals surface area (Å²) in [5, 5.41) is 2.01. The first kappa shape index (κ1) is 16.7. The van der Waals surface area contributed by atoms with E-state index in [1.165, 1.54) is 5.56 Å². The van der Waals surface area contributed by atoms with Crippen LogP contribution in [0.2, 0.25) is 0 Å². The first-order valence-electron chi connectivity index (χ1n) is 8.07. The second-order valence-corrected chi connectivity index (χ2v) is 7.48. The zero-order chi connectivity index (χ0) is 17.3. The molecule has 0 unspecified atom stereocenters. The molecule has 0 saturated carbocycles. The van der Waals surface area contributed by atoms with Crippen molar-refractivity contribution in [2.75, 3.05) is 14.1 Å². The standard InChI is InChI=1S/C19H22N2O2S/c1-13-6-8-14(9-7-13)18-16(11-17(22)21(18)3)19(23)20(2)12-15-5-4-10-24-15/h4-10,16,18H,11-12H2,1-3H3/t16-,18-/m0/s1. The van der Waals surface area contributed by atoms with Gasteiger partial charge < -0.3 is 9.80 Å². The van der Waals surface area contributed by atoms with E-state index in [0.29, 0.717) is 6.54 Å². The lowest BCUT2D eigenvalue weighted by Crippen LogP contribution is -2.35. The van der Waals surface area contributed by atoms with Crippen molar-refractivity contribution in [1.82, 2.24) is 9.80 Å². The van der Waals surface area contributed by atoms with E-state index < -0.39 is 0 Å². The summed E-state index contributed by atoms with van der Waals surface area (Å²) < 4.78 is 0. The third-order valence-electron chi connectivity index (χ3n) is 4.67. The lowest BCUT2D eigenvalue weighted by Gasteiger charge is -2.28. The zero-order valence-corrected chi connectivity index (χ0v) is 15.0. The normalized spacial score (nSPS) is 20.5. The van der Waals surface area contributed by atoms with Crippen LogP contribution in [0.15, 0.2) is 41.8 Å². The van der Waals surface area contributed by atoms with E-state index in [1.807, 2.05) is 55.7 Å². The first-order chi connectivity index (χ1) is 11.5. The van der Waals surface area contributed by atoms with Gasteiger partial charge in [-0.25, -0.2) is 0 Å². The van der Waals surface area contributed by atoms with E-state index in [4.69, 9.17) is 0 Å². The summed E-state index contributed by atoms with van der Waals surface area (Å²) in [5.41, 5.74) is 2.19. The Morgan fingerprint density at radius 1 is 1.29 bits per heavy atom. The van der Waals surface area contributed by atoms with Crippen LogP contribution in [-0.2, 0) is 16.1 Å². The molecule has 2 aromatic rings. The number of carbonyl (C=O) groups is 2. The number of benzene rings is 1. The number of nitrogens with zero attached hydrogens (tertiary/aromatic N) is 2. The van der Waals surface area contributed by atoms with E-state index in [0.717, 1.165) is 10.4 Å². The fourth-order valence-electron chi connectivity index (χ4n) is 3.31. The molecule has 24 heavy (non-hydrogen) atoms. The lowest BCUT2D eigenvalue weighted by atomic mass is 9.92. The van der Waals surface area contributed by atoms with Crippen LogP contribution in [0.25, 0.3) is 0 Å². The molecule has 3 rings (SSSR count). The molecule has 2 heterocycles. The van der Waals surface area contributed by atoms with Crippen LogP contribution in [0, 0.1) is 12.8 Å². The molecule has 0 aliphatic carbocycles. The quantitative estimate of drug-likeness (QED) is 0.856. The molecule has 1 aromatic heterocycles. The molecule has 2 amide bonds. The molecule has 0 spiro atoms. The molecule has 0 N–H and O–H groups in total. The summed E-state index contributed by atoms with van der Waals surface area (Å²) in [7, 11) is 3.61. The molecule has 4 nitrogen and oxygen atoms in total. The van der Waals surface area contributed by atoms with Gasteiger partial charge in [-0.1, -0.05) is 35.9 Å². The Hall–Kier alpha value is -2.14. The molecule has 126 valence electrons. The smallest absolute Gasteiger partial charge is 0.228 e. The molecule has 0 bridgehead atoms. The summed E-state index contributed by atoms with van der Waals surface area (Å²) in [6, 6.07) is 11.9. The van der Waals surface area contributed by atoms with E-state index in [1.54, 1.807) is 28.2 Å². The molecular weight excluding hydrogens is 320 g/mol. The zero-order valence-electron chi connectivity index (χ0n) is 14.2. The Labute approximate surface area is 146 Å². The van der Waals surface area contributed by atoms with Crippen molar-refractivity contribution in [1.29, 1.82) is 0 Å². The number of hydrogen-bond acceptors (Lipinski definition) is 3. The maximum atomic E-state index is 13.0. The highest BCUT2D eigenvalue weighted by molar-refractivity contribution is 7.09. The highest BCUT2D eigenvalue weighted by Crippen LogP contribution is 2.38. The predicted molar refractivity (Wildman–Crippen MR) is 95.6 cm³/mol. The van der Waals surface area contributed by atoms with Crippen LogP contribution >= 0.6 is 11.3 Å². The summed E-state index contributed by atoms with van der Waals surface area (Å²) >= 11 is 1.64. The van der Waals surface area contributed by atoms with Crippen LogP contribution in [0.1, 0.15) is 28.5 Å². The monoisotopic (exact) mass is 342 g/mol. The van der Waals surface area contributed by atoms with Gasteiger partial charge in [-0.15, -0.1) is 11.3 Å². The Balaban J connectivity index is 1.82. The topological polar surface area (TPSA) is 40.6 Å². The van der Waals surface area contributed by atoms with Crippen LogP contribution in [0.4, 0.5) is 0 Å². The maximum Gasteiger partial charge on any atom is 0.228 e. The Kier molecular flexibility index (Phi) is 4.71. The number of amides is 2. The van der Waals surface area contributed by atoms with E-state index in [-0.39, 0.29) is 30.2 Å².